The van der Waals surface area contributed by atoms with Gasteiger partial charge < -0.3 is 24.8 Å². The van der Waals surface area contributed by atoms with Crippen molar-refractivity contribution in [1.29, 1.82) is 0 Å². The molecule has 5 aliphatic carbocycles. The summed E-state index contributed by atoms with van der Waals surface area (Å²) in [6.07, 6.45) is 17.6. The Morgan fingerprint density at radius 1 is 0.676 bits per heavy atom. The third-order valence-corrected chi connectivity index (χ3v) is 11.4. The van der Waals surface area contributed by atoms with E-state index in [9.17, 15) is 15.3 Å². The van der Waals surface area contributed by atoms with Gasteiger partial charge in [0.2, 0.25) is 0 Å². The van der Waals surface area contributed by atoms with Crippen molar-refractivity contribution in [2.45, 2.75) is 109 Å². The van der Waals surface area contributed by atoms with E-state index in [0.717, 1.165) is 51.4 Å². The first kappa shape index (κ1) is 27.5. The van der Waals surface area contributed by atoms with Gasteiger partial charge in [0.25, 0.3) is 0 Å². The van der Waals surface area contributed by atoms with Gasteiger partial charge in [0, 0.05) is 26.1 Å². The predicted molar refractivity (Wildman–Crippen MR) is 146 cm³/mol. The molecule has 0 amide bonds. The monoisotopic (exact) mass is 516 g/mol. The van der Waals surface area contributed by atoms with Gasteiger partial charge in [0.1, 0.15) is 0 Å². The topological polar surface area (TPSA) is 79.2 Å². The summed E-state index contributed by atoms with van der Waals surface area (Å²) in [6.45, 7) is 1.17. The molecular formula is C32H52O5. The molecule has 3 N–H and O–H groups in total. The zero-order valence-corrected chi connectivity index (χ0v) is 23.4. The zero-order valence-electron chi connectivity index (χ0n) is 23.4. The predicted octanol–water partition coefficient (Wildman–Crippen LogP) is 7.26. The second kappa shape index (κ2) is 12.0. The van der Waals surface area contributed by atoms with Crippen LogP contribution in [0.4, 0.5) is 0 Å². The van der Waals surface area contributed by atoms with E-state index in [1.807, 2.05) is 0 Å². The second-order valence-electron chi connectivity index (χ2n) is 13.3. The van der Waals surface area contributed by atoms with Crippen LogP contribution in [0.25, 0.3) is 0 Å². The second-order valence-corrected chi connectivity index (χ2v) is 13.3. The van der Waals surface area contributed by atoms with Crippen molar-refractivity contribution in [2.24, 2.45) is 40.9 Å². The number of allylic oxidation sites excluding steroid dienone is 2. The Bertz CT molecular complexity index is 766. The number of hydrogen-bond acceptors (Lipinski definition) is 5. The molecule has 5 nitrogen and oxygen atoms in total. The fourth-order valence-electron chi connectivity index (χ4n) is 9.50. The van der Waals surface area contributed by atoms with Crippen LogP contribution in [0.1, 0.15) is 103 Å². The summed E-state index contributed by atoms with van der Waals surface area (Å²) in [4.78, 5) is 0. The highest BCUT2D eigenvalue weighted by atomic mass is 16.5. The van der Waals surface area contributed by atoms with Crippen LogP contribution in [0.2, 0.25) is 0 Å². The summed E-state index contributed by atoms with van der Waals surface area (Å²) in [7, 11) is 3.52. The molecule has 0 aliphatic heterocycles. The average Bonchev–Trinajstić information content (AvgIpc) is 3.62. The molecule has 0 heterocycles. The Hall–Kier alpha value is -1.04. The van der Waals surface area contributed by atoms with Crippen molar-refractivity contribution >= 4 is 0 Å². The Morgan fingerprint density at radius 2 is 1.08 bits per heavy atom. The molecule has 0 bridgehead atoms. The molecule has 0 aromatic rings. The summed E-state index contributed by atoms with van der Waals surface area (Å²) < 4.78 is 11.3. The van der Waals surface area contributed by atoms with E-state index in [1.54, 1.807) is 14.2 Å². The Labute approximate surface area is 224 Å². The third-order valence-electron chi connectivity index (χ3n) is 11.4. The molecule has 210 valence electrons. The maximum Gasteiger partial charge on any atom is 0.0971 e. The van der Waals surface area contributed by atoms with E-state index in [1.165, 1.54) is 62.5 Å². The van der Waals surface area contributed by atoms with E-state index in [-0.39, 0.29) is 23.4 Å². The van der Waals surface area contributed by atoms with Gasteiger partial charge in [-0.3, -0.25) is 0 Å². The Morgan fingerprint density at radius 3 is 1.46 bits per heavy atom. The SMILES string of the molecule is COCC1CC(C2(C3CC(C4CCCC4)=C(O)C(COC)C3)CCC(O)CC2)CC(C2CCCC2)=C1O. The van der Waals surface area contributed by atoms with Crippen LogP contribution >= 0.6 is 0 Å². The van der Waals surface area contributed by atoms with E-state index < -0.39 is 0 Å². The minimum absolute atomic E-state index is 0.0830. The fourth-order valence-corrected chi connectivity index (χ4v) is 9.50. The van der Waals surface area contributed by atoms with Gasteiger partial charge in [0.05, 0.1) is 30.8 Å². The third kappa shape index (κ3) is 5.52. The molecule has 3 fully saturated rings. The summed E-state index contributed by atoms with van der Waals surface area (Å²) >= 11 is 0. The minimum atomic E-state index is -0.193. The fraction of sp³-hybridized carbons (Fsp3) is 0.875. The largest absolute Gasteiger partial charge is 0.512 e. The number of aliphatic hydroxyl groups excluding tert-OH is 3. The van der Waals surface area contributed by atoms with Gasteiger partial charge in [-0.15, -0.1) is 0 Å². The molecule has 0 aromatic heterocycles. The van der Waals surface area contributed by atoms with E-state index >= 15 is 0 Å². The number of aliphatic hydroxyl groups is 3. The maximum absolute atomic E-state index is 11.4. The molecule has 5 rings (SSSR count). The van der Waals surface area contributed by atoms with Gasteiger partial charge in [-0.05, 0) is 117 Å². The van der Waals surface area contributed by atoms with Crippen LogP contribution < -0.4 is 0 Å². The van der Waals surface area contributed by atoms with Crippen molar-refractivity contribution in [3.05, 3.63) is 22.7 Å². The van der Waals surface area contributed by atoms with E-state index in [2.05, 4.69) is 0 Å². The molecule has 0 saturated heterocycles. The summed E-state index contributed by atoms with van der Waals surface area (Å²) in [5.74, 6) is 3.48. The van der Waals surface area contributed by atoms with Crippen molar-refractivity contribution in [3.63, 3.8) is 0 Å². The molecule has 3 saturated carbocycles. The normalized spacial score (nSPS) is 38.6. The zero-order chi connectivity index (χ0) is 26.0. The van der Waals surface area contributed by atoms with E-state index in [4.69, 9.17) is 9.47 Å². The first-order valence-corrected chi connectivity index (χ1v) is 15.5. The molecule has 5 aliphatic rings. The molecule has 0 radical (unpaired) electrons. The van der Waals surface area contributed by atoms with Gasteiger partial charge >= 0.3 is 0 Å². The molecular weight excluding hydrogens is 464 g/mol. The highest BCUT2D eigenvalue weighted by molar-refractivity contribution is 5.24. The highest BCUT2D eigenvalue weighted by Crippen LogP contribution is 2.60. The van der Waals surface area contributed by atoms with Crippen molar-refractivity contribution in [3.8, 4) is 0 Å². The first-order chi connectivity index (χ1) is 18.0. The first-order valence-electron chi connectivity index (χ1n) is 15.5. The minimum Gasteiger partial charge on any atom is -0.512 e. The Kier molecular flexibility index (Phi) is 8.93. The van der Waals surface area contributed by atoms with Gasteiger partial charge in [0.15, 0.2) is 0 Å². The molecule has 5 heteroatoms. The molecule has 37 heavy (non-hydrogen) atoms. The van der Waals surface area contributed by atoms with Gasteiger partial charge in [-0.25, -0.2) is 0 Å². The number of ether oxygens (including phenoxy) is 2. The van der Waals surface area contributed by atoms with E-state index in [0.29, 0.717) is 48.4 Å². The molecule has 4 unspecified atom stereocenters. The van der Waals surface area contributed by atoms with Crippen LogP contribution in [0.3, 0.4) is 0 Å². The molecule has 4 atom stereocenters. The maximum atomic E-state index is 11.4. The number of hydrogen-bond donors (Lipinski definition) is 3. The lowest BCUT2D eigenvalue weighted by molar-refractivity contribution is -0.0528. The Balaban J connectivity index is 1.50. The summed E-state index contributed by atoms with van der Waals surface area (Å²) in [5, 5.41) is 33.4. The highest BCUT2D eigenvalue weighted by Gasteiger charge is 2.52. The number of methoxy groups -OCH3 is 2. The summed E-state index contributed by atoms with van der Waals surface area (Å²) in [5.41, 5.74) is 2.80. The average molecular weight is 517 g/mol. The quantitative estimate of drug-likeness (QED) is 0.316. The van der Waals surface area contributed by atoms with Gasteiger partial charge in [-0.2, -0.15) is 0 Å². The van der Waals surface area contributed by atoms with Crippen LogP contribution in [0.5, 0.6) is 0 Å². The van der Waals surface area contributed by atoms with Crippen LogP contribution in [0.15, 0.2) is 22.7 Å². The van der Waals surface area contributed by atoms with Crippen molar-refractivity contribution in [2.75, 3.05) is 27.4 Å². The lowest BCUT2D eigenvalue weighted by Crippen LogP contribution is -2.47. The van der Waals surface area contributed by atoms with Crippen molar-refractivity contribution < 1.29 is 24.8 Å². The standard InChI is InChI=1S/C32H52O5/c1-36-19-23-15-25(17-28(30(23)34)21-7-3-4-8-21)32(13-11-27(33)12-14-32)26-16-24(20-37-2)31(35)29(18-26)22-9-5-6-10-22/h21-27,33-35H,3-20H2,1-2H3. The van der Waals surface area contributed by atoms with Crippen LogP contribution in [0, 0.1) is 40.9 Å². The van der Waals surface area contributed by atoms with Crippen LogP contribution in [-0.2, 0) is 9.47 Å². The van der Waals surface area contributed by atoms with Gasteiger partial charge in [-0.1, -0.05) is 25.7 Å². The molecule has 0 spiro atoms. The smallest absolute Gasteiger partial charge is 0.0971 e. The van der Waals surface area contributed by atoms with Crippen LogP contribution in [-0.4, -0.2) is 48.9 Å². The van der Waals surface area contributed by atoms with Crippen molar-refractivity contribution in [1.82, 2.24) is 0 Å². The lowest BCUT2D eigenvalue weighted by Gasteiger charge is -2.54. The summed E-state index contributed by atoms with van der Waals surface area (Å²) in [6, 6.07) is 0. The lowest BCUT2D eigenvalue weighted by atomic mass is 9.51. The molecule has 0 aromatic carbocycles. The number of rotatable bonds is 8.